The van der Waals surface area contributed by atoms with E-state index in [4.69, 9.17) is 0 Å². The minimum atomic E-state index is -0.246. The quantitative estimate of drug-likeness (QED) is 0.803. The second-order valence-electron chi connectivity index (χ2n) is 5.53. The highest BCUT2D eigenvalue weighted by atomic mass is 19.1. The summed E-state index contributed by atoms with van der Waals surface area (Å²) < 4.78 is 15.4. The molecule has 4 nitrogen and oxygen atoms in total. The van der Waals surface area contributed by atoms with Crippen LogP contribution in [0.15, 0.2) is 30.5 Å². The summed E-state index contributed by atoms with van der Waals surface area (Å²) in [6.45, 7) is 4.77. The molecule has 0 unspecified atom stereocenters. The minimum absolute atomic E-state index is 0.246. The van der Waals surface area contributed by atoms with Gasteiger partial charge in [0, 0.05) is 36.1 Å². The Labute approximate surface area is 129 Å². The molecule has 0 saturated carbocycles. The smallest absolute Gasteiger partial charge is 0.124 e. The third-order valence-electron chi connectivity index (χ3n) is 3.95. The van der Waals surface area contributed by atoms with Crippen LogP contribution in [0.25, 0.3) is 10.9 Å². The number of aryl methyl sites for hydroxylation is 2. The highest BCUT2D eigenvalue weighted by Gasteiger charge is 2.07. The zero-order valence-corrected chi connectivity index (χ0v) is 13.0. The first-order chi connectivity index (χ1) is 10.5. The zero-order valence-electron chi connectivity index (χ0n) is 13.0. The van der Waals surface area contributed by atoms with Gasteiger partial charge in [-0.15, -0.1) is 0 Å². The van der Waals surface area contributed by atoms with E-state index in [9.17, 15) is 4.39 Å². The van der Waals surface area contributed by atoms with Crippen molar-refractivity contribution in [2.45, 2.75) is 20.3 Å². The van der Waals surface area contributed by atoms with Gasteiger partial charge in [0.1, 0.15) is 5.82 Å². The average Bonchev–Trinajstić information content (AvgIpc) is 2.80. The summed E-state index contributed by atoms with van der Waals surface area (Å²) in [5.74, 6) is -0.246. The van der Waals surface area contributed by atoms with Crippen LogP contribution in [0.4, 0.5) is 10.1 Å². The molecule has 114 valence electrons. The first-order valence-electron chi connectivity index (χ1n) is 7.33. The number of benzene rings is 1. The predicted octanol–water partition coefficient (Wildman–Crippen LogP) is 3.38. The zero-order chi connectivity index (χ0) is 15.7. The number of fused-ring (bicyclic) bond motifs is 1. The monoisotopic (exact) mass is 298 g/mol. The molecular formula is C17H19FN4. The van der Waals surface area contributed by atoms with Crippen LogP contribution in [0.2, 0.25) is 0 Å². The molecule has 0 fully saturated rings. The predicted molar refractivity (Wildman–Crippen MR) is 86.6 cm³/mol. The van der Waals surface area contributed by atoms with Crippen molar-refractivity contribution < 1.29 is 4.39 Å². The van der Waals surface area contributed by atoms with Gasteiger partial charge in [-0.05, 0) is 50.1 Å². The first-order valence-corrected chi connectivity index (χ1v) is 7.33. The van der Waals surface area contributed by atoms with Gasteiger partial charge in [-0.25, -0.2) is 4.39 Å². The summed E-state index contributed by atoms with van der Waals surface area (Å²) in [5, 5.41) is 8.46. The van der Waals surface area contributed by atoms with Crippen LogP contribution in [0.5, 0.6) is 0 Å². The molecule has 0 atom stereocenters. The molecule has 0 saturated heterocycles. The van der Waals surface area contributed by atoms with Gasteiger partial charge in [0.05, 0.1) is 11.7 Å². The minimum Gasteiger partial charge on any atom is -0.384 e. The lowest BCUT2D eigenvalue weighted by atomic mass is 10.1. The van der Waals surface area contributed by atoms with Crippen molar-refractivity contribution in [3.63, 3.8) is 0 Å². The van der Waals surface area contributed by atoms with E-state index in [0.717, 1.165) is 35.2 Å². The van der Waals surface area contributed by atoms with Gasteiger partial charge >= 0.3 is 0 Å². The van der Waals surface area contributed by atoms with Gasteiger partial charge < -0.3 is 5.32 Å². The van der Waals surface area contributed by atoms with E-state index in [1.165, 1.54) is 23.4 Å². The molecule has 0 radical (unpaired) electrons. The molecule has 3 rings (SSSR count). The molecule has 1 aromatic carbocycles. The molecule has 0 aliphatic heterocycles. The topological polar surface area (TPSA) is 42.7 Å². The number of rotatable bonds is 4. The largest absolute Gasteiger partial charge is 0.384 e. The number of nitrogens with zero attached hydrogens (tertiary/aromatic N) is 3. The maximum absolute atomic E-state index is 13.5. The van der Waals surface area contributed by atoms with Crippen molar-refractivity contribution >= 4 is 16.6 Å². The third-order valence-corrected chi connectivity index (χ3v) is 3.95. The molecule has 2 aromatic heterocycles. The Bertz CT molecular complexity index is 823. The molecule has 0 amide bonds. The van der Waals surface area contributed by atoms with Crippen LogP contribution >= 0.6 is 0 Å². The Kier molecular flexibility index (Phi) is 3.79. The van der Waals surface area contributed by atoms with Crippen molar-refractivity contribution in [3.8, 4) is 0 Å². The number of aromatic nitrogens is 3. The number of hydrogen-bond acceptors (Lipinski definition) is 3. The molecule has 5 heteroatoms. The van der Waals surface area contributed by atoms with Crippen LogP contribution in [-0.4, -0.2) is 21.3 Å². The molecule has 3 aromatic rings. The molecular weight excluding hydrogens is 279 g/mol. The van der Waals surface area contributed by atoms with E-state index in [1.54, 1.807) is 6.07 Å². The molecule has 0 aliphatic rings. The Morgan fingerprint density at radius 1 is 1.23 bits per heavy atom. The van der Waals surface area contributed by atoms with Gasteiger partial charge in [-0.3, -0.25) is 9.67 Å². The normalized spacial score (nSPS) is 11.1. The molecule has 0 bridgehead atoms. The lowest BCUT2D eigenvalue weighted by Gasteiger charge is -2.11. The Balaban J connectivity index is 1.81. The van der Waals surface area contributed by atoms with Crippen molar-refractivity contribution in [2.24, 2.45) is 7.05 Å². The van der Waals surface area contributed by atoms with Crippen molar-refractivity contribution in [2.75, 3.05) is 11.9 Å². The summed E-state index contributed by atoms with van der Waals surface area (Å²) in [4.78, 5) is 4.44. The van der Waals surface area contributed by atoms with Gasteiger partial charge in [-0.2, -0.15) is 5.10 Å². The van der Waals surface area contributed by atoms with E-state index in [1.807, 2.05) is 30.9 Å². The number of pyridine rings is 1. The van der Waals surface area contributed by atoms with E-state index in [-0.39, 0.29) is 5.82 Å². The number of hydrogen-bond donors (Lipinski definition) is 1. The lowest BCUT2D eigenvalue weighted by molar-refractivity contribution is 0.629. The van der Waals surface area contributed by atoms with Crippen molar-refractivity contribution in [1.29, 1.82) is 0 Å². The molecule has 2 heterocycles. The standard InChI is InChI=1S/C17H19FN4/c1-11-8-17(15-9-14(18)4-5-16(15)21-11)19-7-6-13-10-20-22(3)12(13)2/h4-5,8-10H,6-7H2,1-3H3,(H,19,21). The van der Waals surface area contributed by atoms with Crippen LogP contribution in [-0.2, 0) is 13.5 Å². The van der Waals surface area contributed by atoms with E-state index < -0.39 is 0 Å². The fourth-order valence-corrected chi connectivity index (χ4v) is 2.60. The molecule has 0 spiro atoms. The number of halogens is 1. The average molecular weight is 298 g/mol. The summed E-state index contributed by atoms with van der Waals surface area (Å²) >= 11 is 0. The maximum atomic E-state index is 13.5. The Hall–Kier alpha value is -2.43. The summed E-state index contributed by atoms with van der Waals surface area (Å²) in [5.41, 5.74) is 5.03. The van der Waals surface area contributed by atoms with Crippen molar-refractivity contribution in [1.82, 2.24) is 14.8 Å². The molecule has 22 heavy (non-hydrogen) atoms. The first kappa shape index (κ1) is 14.5. The Morgan fingerprint density at radius 3 is 2.77 bits per heavy atom. The second kappa shape index (κ2) is 5.75. The highest BCUT2D eigenvalue weighted by Crippen LogP contribution is 2.24. The van der Waals surface area contributed by atoms with E-state index in [2.05, 4.69) is 22.3 Å². The maximum Gasteiger partial charge on any atom is 0.124 e. The SMILES string of the molecule is Cc1cc(NCCc2cnn(C)c2C)c2cc(F)ccc2n1. The van der Waals surface area contributed by atoms with Crippen LogP contribution in [0, 0.1) is 19.7 Å². The summed E-state index contributed by atoms with van der Waals surface area (Å²) in [6.07, 6.45) is 2.77. The highest BCUT2D eigenvalue weighted by molar-refractivity contribution is 5.91. The van der Waals surface area contributed by atoms with Gasteiger partial charge in [0.15, 0.2) is 0 Å². The van der Waals surface area contributed by atoms with Crippen LogP contribution in [0.1, 0.15) is 17.0 Å². The Morgan fingerprint density at radius 2 is 2.05 bits per heavy atom. The van der Waals surface area contributed by atoms with Gasteiger partial charge in [0.25, 0.3) is 0 Å². The van der Waals surface area contributed by atoms with E-state index >= 15 is 0 Å². The van der Waals surface area contributed by atoms with Crippen LogP contribution < -0.4 is 5.32 Å². The van der Waals surface area contributed by atoms with E-state index in [0.29, 0.717) is 0 Å². The van der Waals surface area contributed by atoms with Crippen molar-refractivity contribution in [3.05, 3.63) is 53.2 Å². The summed E-state index contributed by atoms with van der Waals surface area (Å²) in [6, 6.07) is 6.64. The second-order valence-corrected chi connectivity index (χ2v) is 5.53. The fourth-order valence-electron chi connectivity index (χ4n) is 2.60. The third kappa shape index (κ3) is 2.79. The summed E-state index contributed by atoms with van der Waals surface area (Å²) in [7, 11) is 1.94. The van der Waals surface area contributed by atoms with Gasteiger partial charge in [0.2, 0.25) is 0 Å². The lowest BCUT2D eigenvalue weighted by Crippen LogP contribution is -2.07. The van der Waals surface area contributed by atoms with Crippen LogP contribution in [0.3, 0.4) is 0 Å². The van der Waals surface area contributed by atoms with Gasteiger partial charge in [-0.1, -0.05) is 0 Å². The molecule has 0 aliphatic carbocycles. The number of anilines is 1. The fraction of sp³-hybridized carbons (Fsp3) is 0.294. The molecule has 1 N–H and O–H groups in total. The number of nitrogens with one attached hydrogen (secondary N) is 1.